The van der Waals surface area contributed by atoms with Crippen molar-refractivity contribution in [1.29, 1.82) is 0 Å². The highest BCUT2D eigenvalue weighted by molar-refractivity contribution is 7.90. The monoisotopic (exact) mass is 373 g/mol. The number of halogens is 1. The number of unbranched alkanes of at least 4 members (excludes halogenated alkanes) is 1. The van der Waals surface area contributed by atoms with Gasteiger partial charge in [-0.15, -0.1) is 0 Å². The molecule has 0 N–H and O–H groups in total. The minimum Gasteiger partial charge on any atom is -0.208 e. The molecule has 26 heavy (non-hydrogen) atoms. The van der Waals surface area contributed by atoms with Crippen LogP contribution in [-0.2, 0) is 16.4 Å². The van der Waals surface area contributed by atoms with Crippen LogP contribution in [0.1, 0.15) is 42.0 Å². The van der Waals surface area contributed by atoms with E-state index in [0.717, 1.165) is 22.4 Å². The zero-order chi connectivity index (χ0) is 19.1. The summed E-state index contributed by atoms with van der Waals surface area (Å²) in [6.07, 6.45) is 2.26. The lowest BCUT2D eigenvalue weighted by Crippen LogP contribution is -2.18. The van der Waals surface area contributed by atoms with E-state index in [1.165, 1.54) is 0 Å². The van der Waals surface area contributed by atoms with Crippen LogP contribution >= 0.6 is 0 Å². The molecular weight excluding hydrogens is 349 g/mol. The average molecular weight is 373 g/mol. The maximum Gasteiger partial charge on any atom is 0.271 e. The van der Waals surface area contributed by atoms with Crippen molar-refractivity contribution in [1.82, 2.24) is 3.97 Å². The van der Waals surface area contributed by atoms with E-state index in [1.807, 2.05) is 32.0 Å². The molecule has 0 spiro atoms. The van der Waals surface area contributed by atoms with Gasteiger partial charge in [0, 0.05) is 10.9 Å². The Labute approximate surface area is 154 Å². The molecule has 0 saturated heterocycles. The van der Waals surface area contributed by atoms with E-state index in [1.54, 1.807) is 32.0 Å². The van der Waals surface area contributed by atoms with Crippen molar-refractivity contribution >= 4 is 20.9 Å². The Morgan fingerprint density at radius 3 is 2.27 bits per heavy atom. The van der Waals surface area contributed by atoms with Gasteiger partial charge < -0.3 is 0 Å². The number of hydrogen-bond acceptors (Lipinski definition) is 2. The first-order valence-corrected chi connectivity index (χ1v) is 10.3. The van der Waals surface area contributed by atoms with Gasteiger partial charge in [-0.05, 0) is 50.8 Å². The molecule has 1 aromatic heterocycles. The average Bonchev–Trinajstić information content (AvgIpc) is 2.83. The lowest BCUT2D eigenvalue weighted by atomic mass is 10.1. The summed E-state index contributed by atoms with van der Waals surface area (Å²) in [6.45, 7) is 7.47. The molecule has 0 radical (unpaired) electrons. The number of rotatable bonds is 5. The van der Waals surface area contributed by atoms with Crippen molar-refractivity contribution in [2.24, 2.45) is 0 Å². The first-order valence-electron chi connectivity index (χ1n) is 8.90. The fraction of sp³-hybridized carbons (Fsp3) is 0.333. The lowest BCUT2D eigenvalue weighted by molar-refractivity contribution is 0.535. The molecule has 3 nitrogen and oxygen atoms in total. The third kappa shape index (κ3) is 2.94. The molecule has 0 aliphatic rings. The van der Waals surface area contributed by atoms with E-state index in [0.29, 0.717) is 34.0 Å². The van der Waals surface area contributed by atoms with Crippen molar-refractivity contribution in [2.75, 3.05) is 0 Å². The van der Waals surface area contributed by atoms with Gasteiger partial charge in [0.15, 0.2) is 0 Å². The Kier molecular flexibility index (Phi) is 4.93. The Morgan fingerprint density at radius 1 is 1.04 bits per heavy atom. The first kappa shape index (κ1) is 18.6. The van der Waals surface area contributed by atoms with Gasteiger partial charge in [-0.25, -0.2) is 12.4 Å². The molecule has 0 aliphatic heterocycles. The van der Waals surface area contributed by atoms with Gasteiger partial charge in [0.1, 0.15) is 0 Å². The molecule has 0 saturated carbocycles. The number of aromatic nitrogens is 1. The Morgan fingerprint density at radius 2 is 1.65 bits per heavy atom. The predicted molar refractivity (Wildman–Crippen MR) is 104 cm³/mol. The minimum absolute atomic E-state index is 0.185. The summed E-state index contributed by atoms with van der Waals surface area (Å²) in [4.78, 5) is 0.185. The SMILES string of the molecule is CCCCc1c(F)n(S(=O)(=O)c2c(C)cc(C)cc2C)c2ccccc12. The second-order valence-electron chi connectivity index (χ2n) is 6.89. The summed E-state index contributed by atoms with van der Waals surface area (Å²) in [5, 5.41) is 0.671. The number of benzene rings is 2. The van der Waals surface area contributed by atoms with Crippen molar-refractivity contribution in [3.8, 4) is 0 Å². The summed E-state index contributed by atoms with van der Waals surface area (Å²) in [7, 11) is -4.04. The van der Waals surface area contributed by atoms with Crippen LogP contribution in [0.5, 0.6) is 0 Å². The molecule has 0 bridgehead atoms. The van der Waals surface area contributed by atoms with Gasteiger partial charge in [-0.1, -0.05) is 49.2 Å². The second-order valence-corrected chi connectivity index (χ2v) is 8.61. The van der Waals surface area contributed by atoms with Crippen LogP contribution < -0.4 is 0 Å². The Hall–Kier alpha value is -2.14. The van der Waals surface area contributed by atoms with Crippen LogP contribution in [-0.4, -0.2) is 12.4 Å². The number of hydrogen-bond donors (Lipinski definition) is 0. The number of fused-ring (bicyclic) bond motifs is 1. The van der Waals surface area contributed by atoms with E-state index in [9.17, 15) is 8.42 Å². The van der Waals surface area contributed by atoms with Gasteiger partial charge in [0.2, 0.25) is 5.95 Å². The molecule has 1 heterocycles. The largest absolute Gasteiger partial charge is 0.271 e. The van der Waals surface area contributed by atoms with E-state index in [2.05, 4.69) is 0 Å². The summed E-state index contributed by atoms with van der Waals surface area (Å²) < 4.78 is 43.1. The van der Waals surface area contributed by atoms with Gasteiger partial charge >= 0.3 is 0 Å². The highest BCUT2D eigenvalue weighted by Crippen LogP contribution is 2.32. The molecule has 0 amide bonds. The summed E-state index contributed by atoms with van der Waals surface area (Å²) >= 11 is 0. The van der Waals surface area contributed by atoms with Crippen molar-refractivity contribution in [3.63, 3.8) is 0 Å². The highest BCUT2D eigenvalue weighted by atomic mass is 32.2. The van der Waals surface area contributed by atoms with Crippen molar-refractivity contribution < 1.29 is 12.8 Å². The van der Waals surface area contributed by atoms with Crippen molar-refractivity contribution in [2.45, 2.75) is 51.9 Å². The molecule has 138 valence electrons. The Balaban J connectivity index is 2.33. The Bertz CT molecular complexity index is 1060. The quantitative estimate of drug-likeness (QED) is 0.610. The smallest absolute Gasteiger partial charge is 0.208 e. The molecule has 0 atom stereocenters. The van der Waals surface area contributed by atoms with E-state index in [4.69, 9.17) is 0 Å². The summed E-state index contributed by atoms with van der Waals surface area (Å²) in [5.41, 5.74) is 3.13. The highest BCUT2D eigenvalue weighted by Gasteiger charge is 2.29. The molecule has 3 rings (SSSR count). The maximum atomic E-state index is 15.3. The second kappa shape index (κ2) is 6.88. The zero-order valence-corrected chi connectivity index (χ0v) is 16.5. The van der Waals surface area contributed by atoms with Gasteiger partial charge in [-0.3, -0.25) is 0 Å². The van der Waals surface area contributed by atoms with Crippen LogP contribution in [0, 0.1) is 26.7 Å². The third-order valence-electron chi connectivity index (χ3n) is 4.76. The molecule has 0 aliphatic carbocycles. The van der Waals surface area contributed by atoms with Gasteiger partial charge in [0.25, 0.3) is 10.0 Å². The molecule has 0 unspecified atom stereocenters. The van der Waals surface area contributed by atoms with E-state index in [-0.39, 0.29) is 4.90 Å². The van der Waals surface area contributed by atoms with Gasteiger partial charge in [-0.2, -0.15) is 4.39 Å². The first-order chi connectivity index (χ1) is 12.3. The lowest BCUT2D eigenvalue weighted by Gasteiger charge is -2.14. The molecule has 3 aromatic rings. The van der Waals surface area contributed by atoms with E-state index >= 15 is 4.39 Å². The standard InChI is InChI=1S/C21H24FNO2S/c1-5-6-9-18-17-10-7-8-11-19(17)23(21(18)22)26(24,25)20-15(3)12-14(2)13-16(20)4/h7-8,10-13H,5-6,9H2,1-4H3. The number of nitrogens with zero attached hydrogens (tertiary/aromatic N) is 1. The number of para-hydroxylation sites is 1. The predicted octanol–water partition coefficient (Wildman–Crippen LogP) is 5.29. The fourth-order valence-electron chi connectivity index (χ4n) is 3.74. The zero-order valence-electron chi connectivity index (χ0n) is 15.6. The van der Waals surface area contributed by atoms with Crippen LogP contribution in [0.3, 0.4) is 0 Å². The third-order valence-corrected chi connectivity index (χ3v) is 6.76. The van der Waals surface area contributed by atoms with Crippen LogP contribution in [0.25, 0.3) is 10.9 Å². The van der Waals surface area contributed by atoms with E-state index < -0.39 is 16.0 Å². The van der Waals surface area contributed by atoms with Crippen LogP contribution in [0.2, 0.25) is 0 Å². The topological polar surface area (TPSA) is 39.1 Å². The maximum absolute atomic E-state index is 15.3. The van der Waals surface area contributed by atoms with Crippen LogP contribution in [0.15, 0.2) is 41.3 Å². The minimum atomic E-state index is -4.04. The number of aryl methyl sites for hydroxylation is 4. The van der Waals surface area contributed by atoms with Crippen molar-refractivity contribution in [3.05, 3.63) is 64.6 Å². The molecular formula is C21H24FNO2S. The van der Waals surface area contributed by atoms with Gasteiger partial charge in [0.05, 0.1) is 10.4 Å². The molecule has 5 heteroatoms. The normalized spacial score (nSPS) is 12.0. The molecule has 2 aromatic carbocycles. The molecule has 0 fully saturated rings. The van der Waals surface area contributed by atoms with Crippen LogP contribution in [0.4, 0.5) is 4.39 Å². The summed E-state index contributed by atoms with van der Waals surface area (Å²) in [5.74, 6) is -0.668. The fourth-order valence-corrected chi connectivity index (χ4v) is 5.59. The summed E-state index contributed by atoms with van der Waals surface area (Å²) in [6, 6.07) is 10.7.